The molecular formula is C21H26O8. The average molecular weight is 406 g/mol. The summed E-state index contributed by atoms with van der Waals surface area (Å²) in [5.74, 6) is 0.502. The van der Waals surface area contributed by atoms with Crippen LogP contribution in [0.5, 0.6) is 17.2 Å². The molecule has 0 aromatic heterocycles. The van der Waals surface area contributed by atoms with Crippen LogP contribution in [0, 0.1) is 0 Å². The van der Waals surface area contributed by atoms with Crippen molar-refractivity contribution in [1.82, 2.24) is 0 Å². The highest BCUT2D eigenvalue weighted by Gasteiger charge is 2.44. The van der Waals surface area contributed by atoms with E-state index < -0.39 is 37.3 Å². The van der Waals surface area contributed by atoms with E-state index in [1.54, 1.807) is 24.3 Å². The summed E-state index contributed by atoms with van der Waals surface area (Å²) >= 11 is 0. The lowest BCUT2D eigenvalue weighted by Crippen LogP contribution is -2.60. The molecule has 3 rings (SSSR count). The Morgan fingerprint density at radius 1 is 0.862 bits per heavy atom. The fourth-order valence-corrected chi connectivity index (χ4v) is 3.34. The van der Waals surface area contributed by atoms with Crippen molar-refractivity contribution in [2.75, 3.05) is 6.61 Å². The lowest BCUT2D eigenvalue weighted by Gasteiger charge is -2.39. The van der Waals surface area contributed by atoms with Crippen molar-refractivity contribution in [3.8, 4) is 17.2 Å². The van der Waals surface area contributed by atoms with E-state index in [2.05, 4.69) is 0 Å². The Balaban J connectivity index is 1.69. The van der Waals surface area contributed by atoms with Crippen molar-refractivity contribution in [2.45, 2.75) is 50.0 Å². The summed E-state index contributed by atoms with van der Waals surface area (Å²) in [5, 5.41) is 58.9. The third-order valence-corrected chi connectivity index (χ3v) is 5.03. The largest absolute Gasteiger partial charge is 0.508 e. The number of rotatable bonds is 7. The maximum atomic E-state index is 10.3. The predicted molar refractivity (Wildman–Crippen MR) is 103 cm³/mol. The van der Waals surface area contributed by atoms with Gasteiger partial charge in [-0.1, -0.05) is 18.2 Å². The van der Waals surface area contributed by atoms with E-state index >= 15 is 0 Å². The van der Waals surface area contributed by atoms with Gasteiger partial charge in [0, 0.05) is 5.56 Å². The third-order valence-electron chi connectivity index (χ3n) is 5.03. The maximum absolute atomic E-state index is 10.3. The summed E-state index contributed by atoms with van der Waals surface area (Å²) in [5.41, 5.74) is 1.55. The third kappa shape index (κ3) is 4.98. The Labute approximate surface area is 168 Å². The van der Waals surface area contributed by atoms with Crippen LogP contribution in [0.4, 0.5) is 0 Å². The second-order valence-corrected chi connectivity index (χ2v) is 7.09. The van der Waals surface area contributed by atoms with E-state index in [0.717, 1.165) is 5.56 Å². The van der Waals surface area contributed by atoms with Gasteiger partial charge >= 0.3 is 0 Å². The zero-order chi connectivity index (χ0) is 21.0. The fourth-order valence-electron chi connectivity index (χ4n) is 3.34. The van der Waals surface area contributed by atoms with Gasteiger partial charge in [-0.2, -0.15) is 0 Å². The molecule has 8 nitrogen and oxygen atoms in total. The van der Waals surface area contributed by atoms with Crippen LogP contribution in [0.25, 0.3) is 0 Å². The lowest BCUT2D eigenvalue weighted by atomic mass is 9.99. The molecule has 5 atom stereocenters. The minimum absolute atomic E-state index is 0.0257. The van der Waals surface area contributed by atoms with E-state index in [0.29, 0.717) is 24.8 Å². The second-order valence-electron chi connectivity index (χ2n) is 7.09. The van der Waals surface area contributed by atoms with Crippen molar-refractivity contribution in [1.29, 1.82) is 0 Å². The zero-order valence-corrected chi connectivity index (χ0v) is 15.8. The molecule has 1 aliphatic rings. The second kappa shape index (κ2) is 9.43. The molecule has 29 heavy (non-hydrogen) atoms. The van der Waals surface area contributed by atoms with Crippen LogP contribution in [-0.4, -0.2) is 68.0 Å². The molecule has 1 saturated heterocycles. The normalized spacial score (nSPS) is 27.0. The summed E-state index contributed by atoms with van der Waals surface area (Å²) in [6.07, 6.45) is -5.05. The number of hydrogen-bond acceptors (Lipinski definition) is 8. The van der Waals surface area contributed by atoms with Gasteiger partial charge < -0.3 is 40.1 Å². The number of hydrogen-bond donors (Lipinski definition) is 6. The fraction of sp³-hybridized carbons (Fsp3) is 0.429. The molecular weight excluding hydrogens is 380 g/mol. The van der Waals surface area contributed by atoms with Crippen LogP contribution >= 0.6 is 0 Å². The number of aliphatic hydroxyl groups excluding tert-OH is 4. The molecule has 0 aliphatic carbocycles. The molecule has 0 radical (unpaired) electrons. The van der Waals surface area contributed by atoms with Gasteiger partial charge in [-0.25, -0.2) is 0 Å². The molecule has 158 valence electrons. The lowest BCUT2D eigenvalue weighted by molar-refractivity contribution is -0.277. The average Bonchev–Trinajstić information content (AvgIpc) is 2.71. The minimum atomic E-state index is -1.54. The number of benzene rings is 2. The highest BCUT2D eigenvalue weighted by molar-refractivity contribution is 5.44. The van der Waals surface area contributed by atoms with Gasteiger partial charge in [-0.05, 0) is 49.1 Å². The quantitative estimate of drug-likeness (QED) is 0.390. The summed E-state index contributed by atoms with van der Waals surface area (Å²) in [6.45, 7) is -0.551. The van der Waals surface area contributed by atoms with Gasteiger partial charge in [0.05, 0.1) is 6.61 Å². The molecule has 1 fully saturated rings. The Bertz CT molecular complexity index is 792. The Hall–Kier alpha value is -2.36. The van der Waals surface area contributed by atoms with Gasteiger partial charge in [0.1, 0.15) is 41.7 Å². The molecule has 0 saturated carbocycles. The molecule has 0 bridgehead atoms. The van der Waals surface area contributed by atoms with Gasteiger partial charge in [-0.15, -0.1) is 0 Å². The van der Waals surface area contributed by atoms with Crippen LogP contribution < -0.4 is 4.74 Å². The van der Waals surface area contributed by atoms with Crippen molar-refractivity contribution < 1.29 is 40.1 Å². The predicted octanol–water partition coefficient (Wildman–Crippen LogP) is 0.452. The molecule has 1 aliphatic heterocycles. The number of phenolic OH excluding ortho intramolecular Hbond substituents is 2. The number of ether oxygens (including phenoxy) is 2. The standard InChI is InChI=1S/C21H26O8/c22-11-17-18(25)19(26)20(27)21(29-17)28-16-6-2-5-15(24)14(16)4-1-3-12-7-9-13(23)10-8-12/h2,5-10,17-27H,1,3-4,11H2/t17-,18+,19+,20-,21+/m0/s1. The van der Waals surface area contributed by atoms with Gasteiger partial charge in [0.2, 0.25) is 6.29 Å². The minimum Gasteiger partial charge on any atom is -0.508 e. The van der Waals surface area contributed by atoms with E-state index in [9.17, 15) is 30.6 Å². The summed E-state index contributed by atoms with van der Waals surface area (Å²) in [7, 11) is 0. The number of aromatic hydroxyl groups is 2. The van der Waals surface area contributed by atoms with Crippen molar-refractivity contribution in [3.63, 3.8) is 0 Å². The smallest absolute Gasteiger partial charge is 0.229 e. The first-order valence-corrected chi connectivity index (χ1v) is 9.46. The van der Waals surface area contributed by atoms with Gasteiger partial charge in [0.15, 0.2) is 0 Å². The Kier molecular flexibility index (Phi) is 6.94. The van der Waals surface area contributed by atoms with Crippen LogP contribution in [-0.2, 0) is 17.6 Å². The Morgan fingerprint density at radius 2 is 1.59 bits per heavy atom. The van der Waals surface area contributed by atoms with Gasteiger partial charge in [0.25, 0.3) is 0 Å². The van der Waals surface area contributed by atoms with Crippen LogP contribution in [0.15, 0.2) is 42.5 Å². The topological polar surface area (TPSA) is 140 Å². The van der Waals surface area contributed by atoms with E-state index in [4.69, 9.17) is 9.47 Å². The van der Waals surface area contributed by atoms with Crippen LogP contribution in [0.1, 0.15) is 17.5 Å². The highest BCUT2D eigenvalue weighted by Crippen LogP contribution is 2.32. The first kappa shape index (κ1) is 21.4. The SMILES string of the molecule is OC[C@@H]1O[C@@H](Oc2cccc(O)c2CCCc2ccc(O)cc2)[C@@H](O)[C@H](O)[C@@H]1O. The molecule has 0 spiro atoms. The van der Waals surface area contributed by atoms with Crippen LogP contribution in [0.3, 0.4) is 0 Å². The number of phenols is 2. The molecule has 8 heteroatoms. The molecule has 1 heterocycles. The van der Waals surface area contributed by atoms with Crippen molar-refractivity contribution in [2.24, 2.45) is 0 Å². The van der Waals surface area contributed by atoms with Crippen LogP contribution in [0.2, 0.25) is 0 Å². The first-order chi connectivity index (χ1) is 13.9. The number of aliphatic hydroxyl groups is 4. The molecule has 2 aromatic carbocycles. The van der Waals surface area contributed by atoms with Gasteiger partial charge in [-0.3, -0.25) is 0 Å². The van der Waals surface area contributed by atoms with E-state index in [1.165, 1.54) is 6.07 Å². The van der Waals surface area contributed by atoms with E-state index in [1.807, 2.05) is 12.1 Å². The highest BCUT2D eigenvalue weighted by atomic mass is 16.7. The van der Waals surface area contributed by atoms with Crippen molar-refractivity contribution >= 4 is 0 Å². The molecule has 6 N–H and O–H groups in total. The van der Waals surface area contributed by atoms with E-state index in [-0.39, 0.29) is 17.2 Å². The number of aryl methyl sites for hydroxylation is 1. The Morgan fingerprint density at radius 3 is 2.28 bits per heavy atom. The van der Waals surface area contributed by atoms with Crippen molar-refractivity contribution in [3.05, 3.63) is 53.6 Å². The molecule has 0 unspecified atom stereocenters. The maximum Gasteiger partial charge on any atom is 0.229 e. The summed E-state index contributed by atoms with van der Waals surface area (Å²) < 4.78 is 11.1. The zero-order valence-electron chi connectivity index (χ0n) is 15.8. The summed E-state index contributed by atoms with van der Waals surface area (Å²) in [4.78, 5) is 0. The monoisotopic (exact) mass is 406 g/mol. The molecule has 0 amide bonds. The molecule has 2 aromatic rings. The summed E-state index contributed by atoms with van der Waals surface area (Å²) in [6, 6.07) is 11.6. The first-order valence-electron chi connectivity index (χ1n) is 9.46.